The third-order valence-electron chi connectivity index (χ3n) is 4.81. The van der Waals surface area contributed by atoms with Crippen LogP contribution >= 0.6 is 38.9 Å². The molecule has 1 aromatic heterocycles. The topological polar surface area (TPSA) is 57.6 Å². The Balaban J connectivity index is 1.92. The minimum absolute atomic E-state index is 0.0662. The molecule has 1 aliphatic rings. The fourth-order valence-corrected chi connectivity index (χ4v) is 4.57. The summed E-state index contributed by atoms with van der Waals surface area (Å²) >= 11 is 11.0. The third-order valence-corrected chi connectivity index (χ3v) is 6.67. The minimum atomic E-state index is -0.725. The van der Waals surface area contributed by atoms with Gasteiger partial charge < -0.3 is 5.11 Å². The highest BCUT2D eigenvalue weighted by Gasteiger charge is 2.47. The molecule has 1 amide bonds. The van der Waals surface area contributed by atoms with Crippen molar-refractivity contribution in [2.75, 3.05) is 4.90 Å². The first-order valence-corrected chi connectivity index (χ1v) is 10.8. The molecule has 1 fully saturated rings. The first-order chi connectivity index (χ1) is 13.9. The van der Waals surface area contributed by atoms with Crippen LogP contribution in [0.2, 0.25) is 5.02 Å². The van der Waals surface area contributed by atoms with Crippen LogP contribution in [0.15, 0.2) is 70.0 Å². The molecule has 1 saturated heterocycles. The average molecular weight is 489 g/mol. The number of halogens is 2. The molecular weight excluding hydrogens is 474 g/mol. The molecule has 146 valence electrons. The average Bonchev–Trinajstić information content (AvgIpc) is 3.32. The van der Waals surface area contributed by atoms with E-state index < -0.39 is 17.7 Å². The predicted octanol–water partition coefficient (Wildman–Crippen LogP) is 6.10. The van der Waals surface area contributed by atoms with Crippen molar-refractivity contribution in [1.29, 1.82) is 0 Å². The number of carbonyl (C=O) groups excluding carboxylic acids is 2. The lowest BCUT2D eigenvalue weighted by atomic mass is 9.99. The van der Waals surface area contributed by atoms with E-state index in [4.69, 9.17) is 11.6 Å². The number of amides is 1. The first kappa shape index (κ1) is 19.9. The maximum absolute atomic E-state index is 13.0. The summed E-state index contributed by atoms with van der Waals surface area (Å²) in [5.74, 6) is -1.61. The summed E-state index contributed by atoms with van der Waals surface area (Å²) < 4.78 is 0.846. The Kier molecular flexibility index (Phi) is 5.34. The number of aryl methyl sites for hydroxylation is 1. The molecule has 4 rings (SSSR count). The van der Waals surface area contributed by atoms with Crippen molar-refractivity contribution in [2.24, 2.45) is 0 Å². The molecule has 0 bridgehead atoms. The molecule has 0 aliphatic carbocycles. The summed E-state index contributed by atoms with van der Waals surface area (Å²) in [6.45, 7) is 1.87. The molecule has 1 atom stereocenters. The van der Waals surface area contributed by atoms with E-state index in [1.54, 1.807) is 42.5 Å². The van der Waals surface area contributed by atoms with Crippen LogP contribution < -0.4 is 4.90 Å². The number of thiophene rings is 1. The number of Topliss-reactive ketones (excluding diaryl/α,β-unsaturated/α-hetero) is 1. The summed E-state index contributed by atoms with van der Waals surface area (Å²) in [5.41, 5.74) is 1.91. The van der Waals surface area contributed by atoms with Crippen molar-refractivity contribution in [1.82, 2.24) is 0 Å². The van der Waals surface area contributed by atoms with Crippen molar-refractivity contribution in [3.63, 3.8) is 0 Å². The van der Waals surface area contributed by atoms with Gasteiger partial charge in [0.25, 0.3) is 11.7 Å². The zero-order valence-electron chi connectivity index (χ0n) is 15.2. The molecule has 29 heavy (non-hydrogen) atoms. The Morgan fingerprint density at radius 1 is 1.14 bits per heavy atom. The van der Waals surface area contributed by atoms with Crippen LogP contribution in [-0.2, 0) is 9.59 Å². The molecule has 0 spiro atoms. The van der Waals surface area contributed by atoms with Crippen molar-refractivity contribution in [2.45, 2.75) is 13.0 Å². The second-order valence-electron chi connectivity index (χ2n) is 6.62. The van der Waals surface area contributed by atoms with E-state index in [9.17, 15) is 14.7 Å². The largest absolute Gasteiger partial charge is 0.507 e. The second kappa shape index (κ2) is 7.78. The molecule has 1 unspecified atom stereocenters. The van der Waals surface area contributed by atoms with E-state index in [0.717, 1.165) is 14.9 Å². The summed E-state index contributed by atoms with van der Waals surface area (Å²) in [6.07, 6.45) is 0. The van der Waals surface area contributed by atoms with Gasteiger partial charge in [-0.25, -0.2) is 0 Å². The number of hydrogen-bond acceptors (Lipinski definition) is 4. The van der Waals surface area contributed by atoms with Gasteiger partial charge in [0.1, 0.15) is 11.8 Å². The monoisotopic (exact) mass is 487 g/mol. The van der Waals surface area contributed by atoms with Gasteiger partial charge in [0.05, 0.1) is 5.57 Å². The van der Waals surface area contributed by atoms with Crippen LogP contribution in [0.5, 0.6) is 0 Å². The number of ketones is 1. The van der Waals surface area contributed by atoms with Gasteiger partial charge in [0.2, 0.25) is 0 Å². The highest BCUT2D eigenvalue weighted by molar-refractivity contribution is 9.10. The quantitative estimate of drug-likeness (QED) is 0.275. The fourth-order valence-electron chi connectivity index (χ4n) is 3.31. The van der Waals surface area contributed by atoms with Crippen LogP contribution in [0, 0.1) is 6.92 Å². The maximum Gasteiger partial charge on any atom is 0.300 e. The lowest BCUT2D eigenvalue weighted by molar-refractivity contribution is -0.132. The van der Waals surface area contributed by atoms with E-state index in [1.807, 2.05) is 24.4 Å². The molecule has 7 heteroatoms. The van der Waals surface area contributed by atoms with Gasteiger partial charge in [-0.1, -0.05) is 51.8 Å². The van der Waals surface area contributed by atoms with Crippen molar-refractivity contribution in [3.8, 4) is 0 Å². The smallest absolute Gasteiger partial charge is 0.300 e. The SMILES string of the molecule is Cc1ccc(N2C(=O)C(=O)/C(=C(\O)c3ccc(Br)cc3)C2c2cccs2)cc1Cl. The van der Waals surface area contributed by atoms with E-state index in [2.05, 4.69) is 15.9 Å². The normalized spacial score (nSPS) is 18.4. The Hall–Kier alpha value is -2.41. The van der Waals surface area contributed by atoms with Gasteiger partial charge in [-0.2, -0.15) is 0 Å². The molecule has 0 radical (unpaired) electrons. The molecular formula is C22H15BrClNO3S. The van der Waals surface area contributed by atoms with Crippen LogP contribution in [0.25, 0.3) is 5.76 Å². The number of anilines is 1. The van der Waals surface area contributed by atoms with Crippen LogP contribution in [-0.4, -0.2) is 16.8 Å². The molecule has 2 heterocycles. The second-order valence-corrected chi connectivity index (χ2v) is 8.93. The summed E-state index contributed by atoms with van der Waals surface area (Å²) in [5, 5.41) is 13.3. The molecule has 2 aromatic carbocycles. The van der Waals surface area contributed by atoms with Crippen molar-refractivity contribution < 1.29 is 14.7 Å². The van der Waals surface area contributed by atoms with E-state index in [1.165, 1.54) is 16.2 Å². The van der Waals surface area contributed by atoms with E-state index in [0.29, 0.717) is 16.3 Å². The Morgan fingerprint density at radius 3 is 2.48 bits per heavy atom. The predicted molar refractivity (Wildman–Crippen MR) is 119 cm³/mol. The Bertz CT molecular complexity index is 1140. The number of carbonyl (C=O) groups is 2. The summed E-state index contributed by atoms with van der Waals surface area (Å²) in [6, 6.07) is 15.1. The van der Waals surface area contributed by atoms with Gasteiger partial charge in [-0.15, -0.1) is 11.3 Å². The van der Waals surface area contributed by atoms with Crippen LogP contribution in [0.1, 0.15) is 22.0 Å². The minimum Gasteiger partial charge on any atom is -0.507 e. The van der Waals surface area contributed by atoms with E-state index in [-0.39, 0.29) is 11.3 Å². The van der Waals surface area contributed by atoms with Gasteiger partial charge in [0.15, 0.2) is 0 Å². The number of aliphatic hydroxyl groups is 1. The van der Waals surface area contributed by atoms with Crippen molar-refractivity contribution >= 4 is 62.0 Å². The fraction of sp³-hybridized carbons (Fsp3) is 0.0909. The summed E-state index contributed by atoms with van der Waals surface area (Å²) in [7, 11) is 0. The highest BCUT2D eigenvalue weighted by Crippen LogP contribution is 2.44. The lowest BCUT2D eigenvalue weighted by Gasteiger charge is -2.24. The molecule has 4 nitrogen and oxygen atoms in total. The number of rotatable bonds is 3. The standard InChI is InChI=1S/C22H15BrClNO3S/c1-12-4-9-15(11-16(12)24)25-19(17-3-2-10-29-17)18(21(27)22(25)28)20(26)13-5-7-14(23)8-6-13/h2-11,19,26H,1H3/b20-18-. The Morgan fingerprint density at radius 2 is 1.86 bits per heavy atom. The zero-order chi connectivity index (χ0) is 20.7. The highest BCUT2D eigenvalue weighted by atomic mass is 79.9. The van der Waals surface area contributed by atoms with Gasteiger partial charge in [0, 0.05) is 25.6 Å². The van der Waals surface area contributed by atoms with Crippen LogP contribution in [0.3, 0.4) is 0 Å². The third kappa shape index (κ3) is 3.52. The molecule has 1 aliphatic heterocycles. The van der Waals surface area contributed by atoms with Gasteiger partial charge >= 0.3 is 0 Å². The zero-order valence-corrected chi connectivity index (χ0v) is 18.4. The van der Waals surface area contributed by atoms with Gasteiger partial charge in [-0.3, -0.25) is 14.5 Å². The molecule has 3 aromatic rings. The van der Waals surface area contributed by atoms with E-state index >= 15 is 0 Å². The number of benzene rings is 2. The number of aliphatic hydroxyl groups excluding tert-OH is 1. The lowest BCUT2D eigenvalue weighted by Crippen LogP contribution is -2.29. The Labute approximate surface area is 185 Å². The van der Waals surface area contributed by atoms with Crippen molar-refractivity contribution in [3.05, 3.63) is 91.0 Å². The molecule has 1 N–H and O–H groups in total. The first-order valence-electron chi connectivity index (χ1n) is 8.75. The van der Waals surface area contributed by atoms with Gasteiger partial charge in [-0.05, 0) is 48.2 Å². The summed E-state index contributed by atoms with van der Waals surface area (Å²) in [4.78, 5) is 28.2. The maximum atomic E-state index is 13.0. The number of hydrogen-bond donors (Lipinski definition) is 1. The molecule has 0 saturated carbocycles. The van der Waals surface area contributed by atoms with Crippen LogP contribution in [0.4, 0.5) is 5.69 Å². The number of nitrogens with zero attached hydrogens (tertiary/aromatic N) is 1.